The van der Waals surface area contributed by atoms with Crippen LogP contribution < -0.4 is 26.4 Å². The number of nitrogens with two attached hydrogens (primary N) is 1. The topological polar surface area (TPSA) is 149 Å². The van der Waals surface area contributed by atoms with Gasteiger partial charge >= 0.3 is 12.2 Å². The zero-order valence-corrected chi connectivity index (χ0v) is 20.7. The lowest BCUT2D eigenvalue weighted by Gasteiger charge is -2.11. The fourth-order valence-corrected chi connectivity index (χ4v) is 3.55. The number of anilines is 4. The normalized spacial score (nSPS) is 11.1. The second kappa shape index (κ2) is 11.1. The van der Waals surface area contributed by atoms with E-state index >= 15 is 0 Å². The maximum Gasteiger partial charge on any atom is 0.433 e. The second-order valence-corrected chi connectivity index (χ2v) is 8.28. The SMILES string of the molecule is COc1ccc(Cn2ncc(NC(=O)c3ccc(NC(=O)Nc4nccc(C(F)(F)F)n4)cc3C)c2N)cc1. The van der Waals surface area contributed by atoms with Crippen LogP contribution in [-0.2, 0) is 12.7 Å². The van der Waals surface area contributed by atoms with Gasteiger partial charge in [0.2, 0.25) is 5.95 Å². The molecule has 4 rings (SSSR count). The number of methoxy groups -OCH3 is 1. The molecular weight excluding hydrogens is 517 g/mol. The molecule has 0 spiro atoms. The Bertz CT molecular complexity index is 1500. The molecule has 0 saturated carbocycles. The summed E-state index contributed by atoms with van der Waals surface area (Å²) >= 11 is 0. The Morgan fingerprint density at radius 3 is 2.46 bits per heavy atom. The van der Waals surface area contributed by atoms with E-state index in [9.17, 15) is 22.8 Å². The van der Waals surface area contributed by atoms with Gasteiger partial charge in [-0.2, -0.15) is 18.3 Å². The summed E-state index contributed by atoms with van der Waals surface area (Å²) in [5.74, 6) is 0.0300. The second-order valence-electron chi connectivity index (χ2n) is 8.28. The van der Waals surface area contributed by atoms with E-state index in [0.717, 1.165) is 17.5 Å². The number of alkyl halides is 3. The number of hydrogen-bond donors (Lipinski definition) is 4. The van der Waals surface area contributed by atoms with Crippen molar-refractivity contribution < 1.29 is 27.5 Å². The van der Waals surface area contributed by atoms with Gasteiger partial charge < -0.3 is 21.1 Å². The molecule has 3 amide bonds. The van der Waals surface area contributed by atoms with Gasteiger partial charge in [0.25, 0.3) is 5.91 Å². The van der Waals surface area contributed by atoms with Crippen molar-refractivity contribution in [2.24, 2.45) is 0 Å². The highest BCUT2D eigenvalue weighted by molar-refractivity contribution is 6.07. The number of hydrogen-bond acceptors (Lipinski definition) is 7. The minimum absolute atomic E-state index is 0.267. The van der Waals surface area contributed by atoms with Crippen LogP contribution in [0.2, 0.25) is 0 Å². The monoisotopic (exact) mass is 540 g/mol. The lowest BCUT2D eigenvalue weighted by molar-refractivity contribution is -0.141. The average molecular weight is 541 g/mol. The number of aromatic nitrogens is 4. The molecule has 11 nitrogen and oxygen atoms in total. The number of nitrogens with one attached hydrogen (secondary N) is 3. The summed E-state index contributed by atoms with van der Waals surface area (Å²) in [6.07, 6.45) is -2.34. The van der Waals surface area contributed by atoms with E-state index in [-0.39, 0.29) is 5.82 Å². The molecule has 0 aliphatic heterocycles. The molecule has 0 aliphatic rings. The van der Waals surface area contributed by atoms with E-state index in [4.69, 9.17) is 10.5 Å². The van der Waals surface area contributed by atoms with E-state index in [1.807, 2.05) is 24.3 Å². The fraction of sp³-hybridized carbons (Fsp3) is 0.160. The number of nitrogens with zero attached hydrogens (tertiary/aromatic N) is 4. The van der Waals surface area contributed by atoms with E-state index in [0.29, 0.717) is 35.1 Å². The Kier molecular flexibility index (Phi) is 7.65. The van der Waals surface area contributed by atoms with Gasteiger partial charge in [0, 0.05) is 17.4 Å². The van der Waals surface area contributed by atoms with Crippen molar-refractivity contribution in [1.29, 1.82) is 0 Å². The van der Waals surface area contributed by atoms with E-state index in [2.05, 4.69) is 31.0 Å². The average Bonchev–Trinajstić information content (AvgIpc) is 3.22. The van der Waals surface area contributed by atoms with Gasteiger partial charge in [-0.3, -0.25) is 10.1 Å². The third-order valence-electron chi connectivity index (χ3n) is 5.52. The van der Waals surface area contributed by atoms with E-state index in [1.165, 1.54) is 24.4 Å². The van der Waals surface area contributed by atoms with E-state index < -0.39 is 29.8 Å². The highest BCUT2D eigenvalue weighted by atomic mass is 19.4. The maximum atomic E-state index is 12.9. The minimum Gasteiger partial charge on any atom is -0.497 e. The van der Waals surface area contributed by atoms with Crippen LogP contribution in [0.25, 0.3) is 0 Å². The molecule has 4 aromatic rings. The van der Waals surface area contributed by atoms with Gasteiger partial charge in [-0.1, -0.05) is 12.1 Å². The highest BCUT2D eigenvalue weighted by Gasteiger charge is 2.33. The summed E-state index contributed by atoms with van der Waals surface area (Å²) in [5.41, 5.74) is 7.38. The molecule has 0 atom stereocenters. The summed E-state index contributed by atoms with van der Waals surface area (Å²) < 4.78 is 45.1. The first kappa shape index (κ1) is 26.9. The Morgan fingerprint density at radius 2 is 1.79 bits per heavy atom. The molecule has 0 bridgehead atoms. The van der Waals surface area contributed by atoms with Crippen molar-refractivity contribution in [3.05, 3.63) is 83.3 Å². The largest absolute Gasteiger partial charge is 0.497 e. The van der Waals surface area contributed by atoms with Crippen LogP contribution in [0.3, 0.4) is 0 Å². The number of carbonyl (C=O) groups excluding carboxylic acids is 2. The number of benzene rings is 2. The van der Waals surface area contributed by atoms with Crippen molar-refractivity contribution in [2.45, 2.75) is 19.6 Å². The number of amides is 3. The van der Waals surface area contributed by atoms with Crippen molar-refractivity contribution in [2.75, 3.05) is 28.8 Å². The molecule has 2 aromatic carbocycles. The highest BCUT2D eigenvalue weighted by Crippen LogP contribution is 2.27. The standard InChI is InChI=1S/C25H23F3N8O3/c1-14-11-16(32-24(38)35-23-30-10-9-20(34-23)25(26,27)28)5-8-18(14)22(37)33-19-12-31-36(21(19)29)13-15-3-6-17(39-2)7-4-15/h3-12H,13,29H2,1-2H3,(H,33,37)(H2,30,32,34,35,38). The van der Waals surface area contributed by atoms with Gasteiger partial charge in [-0.15, -0.1) is 0 Å². The van der Waals surface area contributed by atoms with Crippen molar-refractivity contribution >= 4 is 35.1 Å². The third-order valence-corrected chi connectivity index (χ3v) is 5.52. The van der Waals surface area contributed by atoms with Gasteiger partial charge in [-0.25, -0.2) is 19.4 Å². The number of aryl methyl sites for hydroxylation is 1. The summed E-state index contributed by atoms with van der Waals surface area (Å²) in [6, 6.07) is 11.7. The lowest BCUT2D eigenvalue weighted by atomic mass is 10.1. The Morgan fingerprint density at radius 1 is 1.05 bits per heavy atom. The molecule has 202 valence electrons. The van der Waals surface area contributed by atoms with Crippen molar-refractivity contribution in [1.82, 2.24) is 19.7 Å². The van der Waals surface area contributed by atoms with Crippen LogP contribution in [0.5, 0.6) is 5.75 Å². The first-order chi connectivity index (χ1) is 18.5. The molecule has 5 N–H and O–H groups in total. The summed E-state index contributed by atoms with van der Waals surface area (Å²) in [7, 11) is 1.58. The van der Waals surface area contributed by atoms with Crippen LogP contribution in [0, 0.1) is 6.92 Å². The van der Waals surface area contributed by atoms with Gasteiger partial charge in [0.05, 0.1) is 19.9 Å². The molecule has 39 heavy (non-hydrogen) atoms. The lowest BCUT2D eigenvalue weighted by Crippen LogP contribution is -2.22. The number of nitrogen functional groups attached to an aromatic ring is 1. The minimum atomic E-state index is -4.68. The quantitative estimate of drug-likeness (QED) is 0.269. The summed E-state index contributed by atoms with van der Waals surface area (Å²) in [6.45, 7) is 2.04. The zero-order valence-electron chi connectivity index (χ0n) is 20.7. The summed E-state index contributed by atoms with van der Waals surface area (Å²) in [5, 5.41) is 11.6. The van der Waals surface area contributed by atoms with Crippen LogP contribution in [0.15, 0.2) is 60.9 Å². The molecule has 2 heterocycles. The first-order valence-corrected chi connectivity index (χ1v) is 11.4. The predicted molar refractivity (Wildman–Crippen MR) is 138 cm³/mol. The molecular formula is C25H23F3N8O3. The van der Waals surface area contributed by atoms with Crippen LogP contribution >= 0.6 is 0 Å². The molecule has 0 radical (unpaired) electrons. The Balaban J connectivity index is 1.38. The molecule has 2 aromatic heterocycles. The van der Waals surface area contributed by atoms with Gasteiger partial charge in [0.1, 0.15) is 22.9 Å². The van der Waals surface area contributed by atoms with Crippen LogP contribution in [0.1, 0.15) is 27.2 Å². The predicted octanol–water partition coefficient (Wildman–Crippen LogP) is 4.54. The molecule has 0 aliphatic carbocycles. The molecule has 0 unspecified atom stereocenters. The smallest absolute Gasteiger partial charge is 0.433 e. The maximum absolute atomic E-state index is 12.9. The number of carbonyl (C=O) groups is 2. The number of ether oxygens (including phenoxy) is 1. The molecule has 0 fully saturated rings. The number of rotatable bonds is 7. The molecule has 0 saturated heterocycles. The van der Waals surface area contributed by atoms with E-state index in [1.54, 1.807) is 18.7 Å². The van der Waals surface area contributed by atoms with Crippen LogP contribution in [-0.4, -0.2) is 38.8 Å². The number of halogens is 3. The zero-order chi connectivity index (χ0) is 28.2. The number of urea groups is 1. The fourth-order valence-electron chi connectivity index (χ4n) is 3.55. The molecule has 14 heteroatoms. The van der Waals surface area contributed by atoms with Gasteiger partial charge in [-0.05, 0) is 54.4 Å². The van der Waals surface area contributed by atoms with Crippen molar-refractivity contribution in [3.63, 3.8) is 0 Å². The summed E-state index contributed by atoms with van der Waals surface area (Å²) in [4.78, 5) is 32.0. The Hall–Kier alpha value is -5.14. The Labute approximate surface area is 220 Å². The first-order valence-electron chi connectivity index (χ1n) is 11.4. The van der Waals surface area contributed by atoms with Crippen LogP contribution in [0.4, 0.5) is 41.1 Å². The van der Waals surface area contributed by atoms with Crippen molar-refractivity contribution in [3.8, 4) is 5.75 Å². The third kappa shape index (κ3) is 6.60. The van der Waals surface area contributed by atoms with Gasteiger partial charge in [0.15, 0.2) is 0 Å².